The second-order valence-corrected chi connectivity index (χ2v) is 3.53. The Hall–Kier alpha value is -1.51. The standard InChI is InChI=1S/C12H17NO2/c1-3-5-11(12(14)15-2)9-6-4-7-10(13)8-9/h4,6-8,11H,3,5,13H2,1-2H3. The maximum absolute atomic E-state index is 11.6. The van der Waals surface area contributed by atoms with E-state index in [1.165, 1.54) is 7.11 Å². The van der Waals surface area contributed by atoms with Crippen LogP contribution >= 0.6 is 0 Å². The van der Waals surface area contributed by atoms with Gasteiger partial charge in [-0.05, 0) is 24.1 Å². The van der Waals surface area contributed by atoms with Gasteiger partial charge in [0, 0.05) is 5.69 Å². The Morgan fingerprint density at radius 3 is 2.80 bits per heavy atom. The van der Waals surface area contributed by atoms with E-state index in [2.05, 4.69) is 0 Å². The zero-order chi connectivity index (χ0) is 11.3. The third-order valence-electron chi connectivity index (χ3n) is 2.38. The minimum Gasteiger partial charge on any atom is -0.469 e. The molecule has 1 aromatic carbocycles. The Bertz CT molecular complexity index is 336. The summed E-state index contributed by atoms with van der Waals surface area (Å²) in [6.45, 7) is 2.04. The van der Waals surface area contributed by atoms with E-state index in [0.717, 1.165) is 18.4 Å². The number of rotatable bonds is 4. The molecule has 1 aromatic rings. The number of benzene rings is 1. The topological polar surface area (TPSA) is 52.3 Å². The Balaban J connectivity index is 2.93. The number of hydrogen-bond donors (Lipinski definition) is 1. The zero-order valence-electron chi connectivity index (χ0n) is 9.19. The molecule has 0 heterocycles. The number of nitrogen functional groups attached to an aromatic ring is 1. The molecule has 3 nitrogen and oxygen atoms in total. The van der Waals surface area contributed by atoms with Crippen LogP contribution in [-0.2, 0) is 9.53 Å². The van der Waals surface area contributed by atoms with Crippen LogP contribution in [0.1, 0.15) is 31.2 Å². The summed E-state index contributed by atoms with van der Waals surface area (Å²) in [7, 11) is 1.41. The van der Waals surface area contributed by atoms with Crippen LogP contribution in [0, 0.1) is 0 Å². The van der Waals surface area contributed by atoms with E-state index in [1.807, 2.05) is 31.2 Å². The average molecular weight is 207 g/mol. The number of carbonyl (C=O) groups is 1. The first-order chi connectivity index (χ1) is 7.19. The van der Waals surface area contributed by atoms with Crippen LogP contribution < -0.4 is 5.73 Å². The van der Waals surface area contributed by atoms with Crippen molar-refractivity contribution in [1.29, 1.82) is 0 Å². The van der Waals surface area contributed by atoms with Crippen LogP contribution in [0.4, 0.5) is 5.69 Å². The van der Waals surface area contributed by atoms with Gasteiger partial charge in [-0.3, -0.25) is 4.79 Å². The summed E-state index contributed by atoms with van der Waals surface area (Å²) in [4.78, 5) is 11.6. The van der Waals surface area contributed by atoms with Crippen molar-refractivity contribution < 1.29 is 9.53 Å². The van der Waals surface area contributed by atoms with Crippen molar-refractivity contribution in [1.82, 2.24) is 0 Å². The van der Waals surface area contributed by atoms with Crippen LogP contribution in [0.3, 0.4) is 0 Å². The Morgan fingerprint density at radius 2 is 2.27 bits per heavy atom. The normalized spacial score (nSPS) is 12.1. The Morgan fingerprint density at radius 1 is 1.53 bits per heavy atom. The first-order valence-electron chi connectivity index (χ1n) is 5.12. The fourth-order valence-electron chi connectivity index (χ4n) is 1.63. The molecule has 1 rings (SSSR count). The maximum atomic E-state index is 11.6. The number of carbonyl (C=O) groups excluding carboxylic acids is 1. The van der Waals surface area contributed by atoms with Crippen LogP contribution in [0.2, 0.25) is 0 Å². The second kappa shape index (κ2) is 5.39. The van der Waals surface area contributed by atoms with Gasteiger partial charge in [0.25, 0.3) is 0 Å². The minimum absolute atomic E-state index is 0.191. The van der Waals surface area contributed by atoms with Crippen LogP contribution in [0.25, 0.3) is 0 Å². The molecule has 2 N–H and O–H groups in total. The van der Waals surface area contributed by atoms with E-state index in [0.29, 0.717) is 5.69 Å². The average Bonchev–Trinajstić information content (AvgIpc) is 2.25. The van der Waals surface area contributed by atoms with E-state index in [-0.39, 0.29) is 11.9 Å². The molecule has 0 aliphatic rings. The molecule has 0 aliphatic carbocycles. The highest BCUT2D eigenvalue weighted by Gasteiger charge is 2.20. The molecule has 82 valence electrons. The monoisotopic (exact) mass is 207 g/mol. The van der Waals surface area contributed by atoms with Crippen LogP contribution in [0.5, 0.6) is 0 Å². The summed E-state index contributed by atoms with van der Waals surface area (Å²) >= 11 is 0. The largest absolute Gasteiger partial charge is 0.469 e. The fraction of sp³-hybridized carbons (Fsp3) is 0.417. The molecule has 15 heavy (non-hydrogen) atoms. The van der Waals surface area contributed by atoms with E-state index >= 15 is 0 Å². The molecule has 0 saturated carbocycles. The molecular formula is C12H17NO2. The van der Waals surface area contributed by atoms with Gasteiger partial charge in [-0.1, -0.05) is 25.5 Å². The van der Waals surface area contributed by atoms with Gasteiger partial charge in [0.05, 0.1) is 13.0 Å². The molecule has 0 aliphatic heterocycles. The van der Waals surface area contributed by atoms with Crippen molar-refractivity contribution in [3.05, 3.63) is 29.8 Å². The first kappa shape index (κ1) is 11.6. The number of ether oxygens (including phenoxy) is 1. The van der Waals surface area contributed by atoms with Gasteiger partial charge in [-0.15, -0.1) is 0 Å². The smallest absolute Gasteiger partial charge is 0.313 e. The molecule has 0 saturated heterocycles. The lowest BCUT2D eigenvalue weighted by atomic mass is 9.94. The Kier molecular flexibility index (Phi) is 4.16. The van der Waals surface area contributed by atoms with E-state index in [9.17, 15) is 4.79 Å². The van der Waals surface area contributed by atoms with E-state index in [1.54, 1.807) is 0 Å². The minimum atomic E-state index is -0.192. The molecular weight excluding hydrogens is 190 g/mol. The van der Waals surface area contributed by atoms with Gasteiger partial charge in [-0.2, -0.15) is 0 Å². The second-order valence-electron chi connectivity index (χ2n) is 3.53. The lowest BCUT2D eigenvalue weighted by molar-refractivity contribution is -0.142. The highest BCUT2D eigenvalue weighted by Crippen LogP contribution is 2.24. The van der Waals surface area contributed by atoms with Crippen molar-refractivity contribution in [2.75, 3.05) is 12.8 Å². The van der Waals surface area contributed by atoms with Crippen molar-refractivity contribution >= 4 is 11.7 Å². The van der Waals surface area contributed by atoms with Crippen LogP contribution in [-0.4, -0.2) is 13.1 Å². The van der Waals surface area contributed by atoms with Gasteiger partial charge in [0.15, 0.2) is 0 Å². The molecule has 3 heteroatoms. The Labute approximate surface area is 90.2 Å². The van der Waals surface area contributed by atoms with Crippen molar-refractivity contribution in [3.63, 3.8) is 0 Å². The number of nitrogens with two attached hydrogens (primary N) is 1. The highest BCUT2D eigenvalue weighted by molar-refractivity contribution is 5.78. The lowest BCUT2D eigenvalue weighted by Crippen LogP contribution is -2.14. The number of methoxy groups -OCH3 is 1. The quantitative estimate of drug-likeness (QED) is 0.609. The molecule has 0 bridgehead atoms. The van der Waals surface area contributed by atoms with Crippen LogP contribution in [0.15, 0.2) is 24.3 Å². The first-order valence-corrected chi connectivity index (χ1v) is 5.12. The summed E-state index contributed by atoms with van der Waals surface area (Å²) < 4.78 is 4.78. The van der Waals surface area contributed by atoms with E-state index in [4.69, 9.17) is 10.5 Å². The molecule has 0 spiro atoms. The summed E-state index contributed by atoms with van der Waals surface area (Å²) in [5, 5.41) is 0. The van der Waals surface area contributed by atoms with Gasteiger partial charge in [0.1, 0.15) is 0 Å². The van der Waals surface area contributed by atoms with Gasteiger partial charge >= 0.3 is 5.97 Å². The molecule has 0 fully saturated rings. The molecule has 0 amide bonds. The molecule has 0 aromatic heterocycles. The third kappa shape index (κ3) is 2.98. The predicted octanol–water partition coefficient (Wildman–Crippen LogP) is 2.33. The summed E-state index contributed by atoms with van der Waals surface area (Å²) in [5.41, 5.74) is 7.29. The summed E-state index contributed by atoms with van der Waals surface area (Å²) in [6.07, 6.45) is 1.73. The van der Waals surface area contributed by atoms with Crippen molar-refractivity contribution in [2.24, 2.45) is 0 Å². The number of esters is 1. The lowest BCUT2D eigenvalue weighted by Gasteiger charge is -2.14. The van der Waals surface area contributed by atoms with E-state index < -0.39 is 0 Å². The SMILES string of the molecule is CCCC(C(=O)OC)c1cccc(N)c1. The predicted molar refractivity (Wildman–Crippen MR) is 60.5 cm³/mol. The summed E-state index contributed by atoms with van der Waals surface area (Å²) in [5.74, 6) is -0.383. The van der Waals surface area contributed by atoms with Crippen molar-refractivity contribution in [2.45, 2.75) is 25.7 Å². The molecule has 1 atom stereocenters. The van der Waals surface area contributed by atoms with Gasteiger partial charge in [0.2, 0.25) is 0 Å². The van der Waals surface area contributed by atoms with Gasteiger partial charge < -0.3 is 10.5 Å². The summed E-state index contributed by atoms with van der Waals surface area (Å²) in [6, 6.07) is 7.41. The third-order valence-corrected chi connectivity index (χ3v) is 2.38. The van der Waals surface area contributed by atoms with Gasteiger partial charge in [-0.25, -0.2) is 0 Å². The highest BCUT2D eigenvalue weighted by atomic mass is 16.5. The molecule has 1 unspecified atom stereocenters. The van der Waals surface area contributed by atoms with Crippen molar-refractivity contribution in [3.8, 4) is 0 Å². The maximum Gasteiger partial charge on any atom is 0.313 e. The zero-order valence-corrected chi connectivity index (χ0v) is 9.19. The fourth-order valence-corrected chi connectivity index (χ4v) is 1.63. The number of anilines is 1. The molecule has 0 radical (unpaired) electrons. The number of hydrogen-bond acceptors (Lipinski definition) is 3.